The third-order valence-corrected chi connectivity index (χ3v) is 8.91. The smallest absolute Gasteiger partial charge is 0.305 e. The van der Waals surface area contributed by atoms with Crippen molar-refractivity contribution in [1.82, 2.24) is 4.90 Å². The maximum Gasteiger partial charge on any atom is 0.305 e. The molecular weight excluding hydrogens is 602 g/mol. The summed E-state index contributed by atoms with van der Waals surface area (Å²) in [5, 5.41) is 0. The Morgan fingerprint density at radius 1 is 0.521 bits per heavy atom. The zero-order valence-electron chi connectivity index (χ0n) is 31.0. The number of rotatable bonds is 34. The maximum atomic E-state index is 13.0. The molecule has 0 bridgehead atoms. The molecule has 0 heterocycles. The highest BCUT2D eigenvalue weighted by Crippen LogP contribution is 2.13. The van der Waals surface area contributed by atoms with Gasteiger partial charge >= 0.3 is 11.9 Å². The van der Waals surface area contributed by atoms with Crippen molar-refractivity contribution < 1.29 is 28.6 Å². The van der Waals surface area contributed by atoms with Gasteiger partial charge in [0.05, 0.1) is 19.7 Å². The van der Waals surface area contributed by atoms with Gasteiger partial charge in [-0.15, -0.1) is 0 Å². The van der Waals surface area contributed by atoms with E-state index in [-0.39, 0.29) is 50.8 Å². The summed E-state index contributed by atoms with van der Waals surface area (Å²) in [6, 6.07) is 9.71. The molecule has 0 aliphatic rings. The minimum atomic E-state index is -0.225. The van der Waals surface area contributed by atoms with Crippen LogP contribution in [0.15, 0.2) is 30.3 Å². The maximum absolute atomic E-state index is 13.0. The van der Waals surface area contributed by atoms with E-state index in [0.717, 1.165) is 44.1 Å². The van der Waals surface area contributed by atoms with E-state index < -0.39 is 0 Å². The largest absolute Gasteiger partial charge is 0.464 e. The second-order valence-electron chi connectivity index (χ2n) is 13.4. The number of unbranched alkanes of at least 4 members (excludes halogenated alkanes) is 20. The van der Waals surface area contributed by atoms with Gasteiger partial charge in [-0.3, -0.25) is 14.4 Å². The van der Waals surface area contributed by atoms with Crippen LogP contribution in [0.3, 0.4) is 0 Å². The average Bonchev–Trinajstić information content (AvgIpc) is 3.09. The quantitative estimate of drug-likeness (QED) is 0.0535. The molecule has 1 amide bonds. The van der Waals surface area contributed by atoms with Crippen LogP contribution in [-0.4, -0.2) is 55.7 Å². The summed E-state index contributed by atoms with van der Waals surface area (Å²) in [7, 11) is 0. The van der Waals surface area contributed by atoms with Crippen molar-refractivity contribution in [1.29, 1.82) is 0 Å². The first-order valence-electron chi connectivity index (χ1n) is 19.8. The Morgan fingerprint density at radius 3 is 1.29 bits per heavy atom. The minimum Gasteiger partial charge on any atom is -0.464 e. The van der Waals surface area contributed by atoms with Crippen LogP contribution < -0.4 is 0 Å². The lowest BCUT2D eigenvalue weighted by Crippen LogP contribution is -2.39. The first-order valence-corrected chi connectivity index (χ1v) is 19.8. The molecule has 0 saturated carbocycles. The number of nitrogens with zero attached hydrogens (tertiary/aromatic N) is 1. The fourth-order valence-corrected chi connectivity index (χ4v) is 5.83. The molecule has 0 aliphatic carbocycles. The Morgan fingerprint density at radius 2 is 0.896 bits per heavy atom. The number of carbonyl (C=O) groups excluding carboxylic acids is 3. The molecule has 0 fully saturated rings. The molecule has 0 radical (unpaired) electrons. The zero-order valence-corrected chi connectivity index (χ0v) is 31.0. The predicted octanol–water partition coefficient (Wildman–Crippen LogP) is 10.5. The van der Waals surface area contributed by atoms with Crippen molar-refractivity contribution >= 4 is 17.8 Å². The molecule has 0 spiro atoms. The highest BCUT2D eigenvalue weighted by Gasteiger charge is 2.16. The molecule has 0 atom stereocenters. The van der Waals surface area contributed by atoms with E-state index in [2.05, 4.69) is 13.8 Å². The van der Waals surface area contributed by atoms with Gasteiger partial charge in [0.15, 0.2) is 0 Å². The lowest BCUT2D eigenvalue weighted by Gasteiger charge is -2.22. The molecule has 1 aromatic carbocycles. The molecule has 276 valence electrons. The van der Waals surface area contributed by atoms with Crippen molar-refractivity contribution in [3.05, 3.63) is 35.9 Å². The van der Waals surface area contributed by atoms with Crippen LogP contribution in [0.25, 0.3) is 0 Å². The number of benzene rings is 1. The number of esters is 2. The minimum absolute atomic E-state index is 0.0890. The second-order valence-corrected chi connectivity index (χ2v) is 13.4. The predicted molar refractivity (Wildman–Crippen MR) is 197 cm³/mol. The van der Waals surface area contributed by atoms with Crippen molar-refractivity contribution in [2.75, 3.05) is 32.9 Å². The Hall–Kier alpha value is -2.41. The average molecular weight is 674 g/mol. The van der Waals surface area contributed by atoms with Crippen molar-refractivity contribution in [3.8, 4) is 0 Å². The molecule has 0 saturated heterocycles. The van der Waals surface area contributed by atoms with Gasteiger partial charge in [0, 0.05) is 12.8 Å². The summed E-state index contributed by atoms with van der Waals surface area (Å²) in [6.45, 7) is 5.47. The molecule has 1 aromatic rings. The van der Waals surface area contributed by atoms with Crippen LogP contribution in [0, 0.1) is 0 Å². The topological polar surface area (TPSA) is 82.1 Å². The van der Waals surface area contributed by atoms with Gasteiger partial charge in [-0.25, -0.2) is 0 Å². The van der Waals surface area contributed by atoms with E-state index in [1.54, 1.807) is 4.90 Å². The van der Waals surface area contributed by atoms with Gasteiger partial charge in [0.25, 0.3) is 0 Å². The summed E-state index contributed by atoms with van der Waals surface area (Å²) in [6.07, 6.45) is 27.9. The Bertz CT molecular complexity index is 848. The van der Waals surface area contributed by atoms with E-state index in [0.29, 0.717) is 19.4 Å². The van der Waals surface area contributed by atoms with Gasteiger partial charge in [0.2, 0.25) is 5.91 Å². The van der Waals surface area contributed by atoms with Crippen LogP contribution in [0.2, 0.25) is 0 Å². The fraction of sp³-hybridized carbons (Fsp3) is 0.780. The molecule has 48 heavy (non-hydrogen) atoms. The summed E-state index contributed by atoms with van der Waals surface area (Å²) < 4.78 is 16.6. The normalized spacial score (nSPS) is 11.0. The third kappa shape index (κ3) is 27.5. The van der Waals surface area contributed by atoms with Gasteiger partial charge in [-0.05, 0) is 18.4 Å². The van der Waals surface area contributed by atoms with Crippen LogP contribution >= 0.6 is 0 Å². The van der Waals surface area contributed by atoms with Crippen LogP contribution in [0.1, 0.15) is 174 Å². The molecule has 7 nitrogen and oxygen atoms in total. The zero-order chi connectivity index (χ0) is 34.8. The first-order chi connectivity index (χ1) is 23.6. The van der Waals surface area contributed by atoms with Crippen molar-refractivity contribution in [2.24, 2.45) is 0 Å². The number of hydrogen-bond acceptors (Lipinski definition) is 6. The van der Waals surface area contributed by atoms with E-state index in [1.165, 1.54) is 103 Å². The standard InChI is InChI=1S/C41H71NO6/c1-3-5-7-9-11-13-15-17-19-21-26-30-40(44)47-34-32-42(39(43)37-46-36-38-28-24-23-25-29-38)33-35-48-41(45)31-27-22-20-18-16-14-12-10-8-6-4-2/h23-25,28-29H,3-22,26-27,30-37H2,1-2H3. The van der Waals surface area contributed by atoms with E-state index in [9.17, 15) is 14.4 Å². The van der Waals surface area contributed by atoms with Crippen molar-refractivity contribution in [2.45, 2.75) is 175 Å². The van der Waals surface area contributed by atoms with Gasteiger partial charge in [-0.2, -0.15) is 0 Å². The lowest BCUT2D eigenvalue weighted by molar-refractivity contribution is -0.149. The van der Waals surface area contributed by atoms with E-state index >= 15 is 0 Å². The molecule has 7 heteroatoms. The van der Waals surface area contributed by atoms with Gasteiger partial charge < -0.3 is 19.1 Å². The van der Waals surface area contributed by atoms with E-state index in [4.69, 9.17) is 14.2 Å². The first kappa shape index (κ1) is 43.6. The highest BCUT2D eigenvalue weighted by molar-refractivity contribution is 5.77. The number of amides is 1. The molecular formula is C41H71NO6. The lowest BCUT2D eigenvalue weighted by atomic mass is 10.1. The Kier molecular flexibility index (Phi) is 30.1. The highest BCUT2D eigenvalue weighted by atomic mass is 16.5. The van der Waals surface area contributed by atoms with Crippen LogP contribution in [-0.2, 0) is 35.2 Å². The summed E-state index contributed by atoms with van der Waals surface area (Å²) in [5.41, 5.74) is 0.990. The fourth-order valence-electron chi connectivity index (χ4n) is 5.83. The number of hydrogen-bond donors (Lipinski definition) is 0. The molecule has 0 aliphatic heterocycles. The van der Waals surface area contributed by atoms with Crippen LogP contribution in [0.5, 0.6) is 0 Å². The number of carbonyl (C=O) groups is 3. The monoisotopic (exact) mass is 674 g/mol. The van der Waals surface area contributed by atoms with Crippen molar-refractivity contribution in [3.63, 3.8) is 0 Å². The molecule has 0 aromatic heterocycles. The van der Waals surface area contributed by atoms with Crippen LogP contribution in [0.4, 0.5) is 0 Å². The molecule has 0 N–H and O–H groups in total. The van der Waals surface area contributed by atoms with E-state index in [1.807, 2.05) is 30.3 Å². The Balaban J connectivity index is 2.26. The SMILES string of the molecule is CCCCCCCCCCCCCC(=O)OCCN(CCOC(=O)CCCCCCCCCCCCC)C(=O)COCc1ccccc1. The Labute approximate surface area is 294 Å². The summed E-state index contributed by atoms with van der Waals surface area (Å²) in [5.74, 6) is -0.664. The molecule has 0 unspecified atom stereocenters. The molecule has 1 rings (SSSR count). The summed E-state index contributed by atoms with van der Waals surface area (Å²) in [4.78, 5) is 39.2. The van der Waals surface area contributed by atoms with Gasteiger partial charge in [-0.1, -0.05) is 173 Å². The second kappa shape index (κ2) is 33.1. The third-order valence-electron chi connectivity index (χ3n) is 8.91. The van der Waals surface area contributed by atoms with Gasteiger partial charge in [0.1, 0.15) is 19.8 Å². The summed E-state index contributed by atoms with van der Waals surface area (Å²) >= 11 is 0. The number of ether oxygens (including phenoxy) is 3.